The number of hydrogen-bond donors (Lipinski definition) is 1. The zero-order chi connectivity index (χ0) is 20.4. The molecule has 0 fully saturated rings. The first-order chi connectivity index (χ1) is 13.2. The van der Waals surface area contributed by atoms with Crippen LogP contribution in [0.3, 0.4) is 0 Å². The average Bonchev–Trinajstić information content (AvgIpc) is 3.16. The minimum Gasteiger partial charge on any atom is -0.263 e. The SMILES string of the molecule is O=S(=O)(c1ccccc1)[C@@H](CCc1ncn[nH]1)c1ncc(C(F)(F)F)cc1Cl. The monoisotopic (exact) mass is 430 g/mol. The van der Waals surface area contributed by atoms with Gasteiger partial charge in [-0.25, -0.2) is 13.4 Å². The highest BCUT2D eigenvalue weighted by Gasteiger charge is 2.35. The molecule has 1 N–H and O–H groups in total. The normalized spacial score (nSPS) is 13.4. The molecule has 2 aromatic heterocycles. The summed E-state index contributed by atoms with van der Waals surface area (Å²) in [6.07, 6.45) is -2.58. The number of alkyl halides is 3. The number of halogens is 4. The third kappa shape index (κ3) is 4.33. The number of aryl methyl sites for hydroxylation is 1. The lowest BCUT2D eigenvalue weighted by atomic mass is 10.1. The summed E-state index contributed by atoms with van der Waals surface area (Å²) in [5.41, 5.74) is -1.19. The Hall–Kier alpha value is -2.46. The molecule has 2 heterocycles. The van der Waals surface area contributed by atoms with Gasteiger partial charge >= 0.3 is 6.18 Å². The molecule has 148 valence electrons. The molecule has 0 aliphatic rings. The number of sulfone groups is 1. The van der Waals surface area contributed by atoms with Gasteiger partial charge in [-0.15, -0.1) is 0 Å². The van der Waals surface area contributed by atoms with E-state index in [1.165, 1.54) is 18.5 Å². The summed E-state index contributed by atoms with van der Waals surface area (Å²) in [6, 6.07) is 8.28. The highest BCUT2D eigenvalue weighted by atomic mass is 35.5. The lowest BCUT2D eigenvalue weighted by molar-refractivity contribution is -0.137. The van der Waals surface area contributed by atoms with Gasteiger partial charge in [-0.3, -0.25) is 10.1 Å². The molecule has 0 spiro atoms. The standard InChI is InChI=1S/C17H14ClF3N4O2S/c18-13-8-11(17(19,20)21)9-22-16(13)14(6-7-15-23-10-24-25-15)28(26,27)12-4-2-1-3-5-12/h1-5,8-10,14H,6-7H2,(H,23,24,25)/t14-/m0/s1. The second-order valence-corrected chi connectivity index (χ2v) is 8.44. The molecule has 3 rings (SSSR count). The van der Waals surface area contributed by atoms with Crippen molar-refractivity contribution in [3.63, 3.8) is 0 Å². The molecule has 0 radical (unpaired) electrons. The number of nitrogens with one attached hydrogen (secondary N) is 1. The van der Waals surface area contributed by atoms with E-state index < -0.39 is 26.8 Å². The molecule has 0 saturated heterocycles. The smallest absolute Gasteiger partial charge is 0.263 e. The van der Waals surface area contributed by atoms with Gasteiger partial charge in [-0.05, 0) is 24.6 Å². The van der Waals surface area contributed by atoms with E-state index in [9.17, 15) is 21.6 Å². The van der Waals surface area contributed by atoms with E-state index in [1.807, 2.05) is 0 Å². The quantitative estimate of drug-likeness (QED) is 0.638. The van der Waals surface area contributed by atoms with E-state index in [0.29, 0.717) is 18.1 Å². The van der Waals surface area contributed by atoms with E-state index in [-0.39, 0.29) is 28.5 Å². The number of nitrogens with zero attached hydrogens (tertiary/aromatic N) is 3. The maximum Gasteiger partial charge on any atom is 0.417 e. The molecule has 0 unspecified atom stereocenters. The van der Waals surface area contributed by atoms with Gasteiger partial charge in [-0.1, -0.05) is 29.8 Å². The first-order valence-corrected chi connectivity index (χ1v) is 9.98. The topological polar surface area (TPSA) is 88.6 Å². The van der Waals surface area contributed by atoms with Crippen LogP contribution in [0.15, 0.2) is 53.8 Å². The maximum absolute atomic E-state index is 13.2. The van der Waals surface area contributed by atoms with Crippen molar-refractivity contribution in [2.75, 3.05) is 0 Å². The zero-order valence-electron chi connectivity index (χ0n) is 14.2. The van der Waals surface area contributed by atoms with Crippen LogP contribution in [0.25, 0.3) is 0 Å². The van der Waals surface area contributed by atoms with Crippen LogP contribution in [0.4, 0.5) is 13.2 Å². The second-order valence-electron chi connectivity index (χ2n) is 5.91. The molecular formula is C17H14ClF3N4O2S. The van der Waals surface area contributed by atoms with Crippen molar-refractivity contribution in [1.29, 1.82) is 0 Å². The Balaban J connectivity index is 2.03. The Bertz CT molecular complexity index is 1040. The molecule has 0 bridgehead atoms. The highest BCUT2D eigenvalue weighted by molar-refractivity contribution is 7.91. The maximum atomic E-state index is 13.2. The number of aromatic amines is 1. The summed E-state index contributed by atoms with van der Waals surface area (Å²) >= 11 is 6.02. The van der Waals surface area contributed by atoms with Crippen molar-refractivity contribution in [1.82, 2.24) is 20.2 Å². The van der Waals surface area contributed by atoms with Crippen LogP contribution in [-0.4, -0.2) is 28.6 Å². The Labute approximate surface area is 163 Å². The van der Waals surface area contributed by atoms with Crippen LogP contribution in [0.1, 0.15) is 28.8 Å². The Morgan fingerprint density at radius 3 is 2.43 bits per heavy atom. The second kappa shape index (κ2) is 7.88. The molecule has 3 aromatic rings. The Kier molecular flexibility index (Phi) is 5.71. The molecule has 0 aliphatic heterocycles. The predicted octanol–water partition coefficient (Wildman–Crippen LogP) is 4.02. The van der Waals surface area contributed by atoms with E-state index in [0.717, 1.165) is 0 Å². The minimum absolute atomic E-state index is 0.00447. The van der Waals surface area contributed by atoms with Crippen LogP contribution < -0.4 is 0 Å². The molecule has 1 atom stereocenters. The molecule has 28 heavy (non-hydrogen) atoms. The Morgan fingerprint density at radius 1 is 1.14 bits per heavy atom. The van der Waals surface area contributed by atoms with E-state index in [2.05, 4.69) is 20.2 Å². The lowest BCUT2D eigenvalue weighted by Gasteiger charge is -2.19. The third-order valence-corrected chi connectivity index (χ3v) is 6.50. The largest absolute Gasteiger partial charge is 0.417 e. The van der Waals surface area contributed by atoms with Crippen LogP contribution >= 0.6 is 11.6 Å². The van der Waals surface area contributed by atoms with Gasteiger partial charge in [0.2, 0.25) is 0 Å². The van der Waals surface area contributed by atoms with Crippen molar-refractivity contribution in [2.24, 2.45) is 0 Å². The van der Waals surface area contributed by atoms with Crippen molar-refractivity contribution < 1.29 is 21.6 Å². The van der Waals surface area contributed by atoms with Crippen molar-refractivity contribution in [2.45, 2.75) is 29.2 Å². The highest BCUT2D eigenvalue weighted by Crippen LogP contribution is 2.38. The van der Waals surface area contributed by atoms with E-state index in [4.69, 9.17) is 11.6 Å². The first kappa shape index (κ1) is 20.3. The fourth-order valence-electron chi connectivity index (χ4n) is 2.67. The van der Waals surface area contributed by atoms with Crippen LogP contribution in [0.2, 0.25) is 5.02 Å². The zero-order valence-corrected chi connectivity index (χ0v) is 15.8. The summed E-state index contributed by atoms with van der Waals surface area (Å²) in [6.45, 7) is 0. The summed E-state index contributed by atoms with van der Waals surface area (Å²) < 4.78 is 65.0. The molecular weight excluding hydrogens is 417 g/mol. The summed E-state index contributed by atoms with van der Waals surface area (Å²) in [5, 5.41) is 4.70. The number of hydrogen-bond acceptors (Lipinski definition) is 5. The van der Waals surface area contributed by atoms with Gasteiger partial charge in [0.15, 0.2) is 9.84 Å². The average molecular weight is 431 g/mol. The van der Waals surface area contributed by atoms with Gasteiger partial charge in [-0.2, -0.15) is 18.3 Å². The summed E-state index contributed by atoms with van der Waals surface area (Å²) in [5.74, 6) is 0.441. The van der Waals surface area contributed by atoms with Crippen LogP contribution in [0.5, 0.6) is 0 Å². The van der Waals surface area contributed by atoms with Gasteiger partial charge in [0.25, 0.3) is 0 Å². The molecule has 11 heteroatoms. The van der Waals surface area contributed by atoms with Crippen molar-refractivity contribution >= 4 is 21.4 Å². The fourth-order valence-corrected chi connectivity index (χ4v) is 4.81. The van der Waals surface area contributed by atoms with Gasteiger partial charge in [0, 0.05) is 12.6 Å². The summed E-state index contributed by atoms with van der Waals surface area (Å²) in [7, 11) is -3.97. The van der Waals surface area contributed by atoms with E-state index >= 15 is 0 Å². The number of aromatic nitrogens is 4. The summed E-state index contributed by atoms with van der Waals surface area (Å²) in [4.78, 5) is 7.72. The van der Waals surface area contributed by atoms with Crippen LogP contribution in [0, 0.1) is 0 Å². The molecule has 0 saturated carbocycles. The minimum atomic E-state index is -4.64. The molecule has 1 aromatic carbocycles. The number of benzene rings is 1. The van der Waals surface area contributed by atoms with Crippen molar-refractivity contribution in [3.8, 4) is 0 Å². The lowest BCUT2D eigenvalue weighted by Crippen LogP contribution is -2.18. The van der Waals surface area contributed by atoms with E-state index in [1.54, 1.807) is 18.2 Å². The van der Waals surface area contributed by atoms with Crippen molar-refractivity contribution in [3.05, 3.63) is 71.0 Å². The third-order valence-electron chi connectivity index (χ3n) is 4.06. The first-order valence-electron chi connectivity index (χ1n) is 8.05. The van der Waals surface area contributed by atoms with Gasteiger partial charge in [0.1, 0.15) is 17.4 Å². The number of pyridine rings is 1. The fraction of sp³-hybridized carbons (Fsp3) is 0.235. The van der Waals surface area contributed by atoms with Crippen LogP contribution in [-0.2, 0) is 22.4 Å². The molecule has 0 amide bonds. The number of rotatable bonds is 6. The predicted molar refractivity (Wildman–Crippen MR) is 95.3 cm³/mol. The molecule has 0 aliphatic carbocycles. The molecule has 6 nitrogen and oxygen atoms in total. The number of H-pyrrole nitrogens is 1. The Morgan fingerprint density at radius 2 is 1.86 bits per heavy atom. The van der Waals surface area contributed by atoms with Gasteiger partial charge in [0.05, 0.1) is 21.2 Å². The van der Waals surface area contributed by atoms with Gasteiger partial charge < -0.3 is 0 Å².